The van der Waals surface area contributed by atoms with Gasteiger partial charge in [-0.2, -0.15) is 0 Å². The number of fused-ring (bicyclic) bond motifs is 8. The third-order valence-electron chi connectivity index (χ3n) is 14.9. The molecule has 0 saturated heterocycles. The van der Waals surface area contributed by atoms with Gasteiger partial charge in [-0.15, -0.1) is 0 Å². The van der Waals surface area contributed by atoms with Crippen molar-refractivity contribution < 1.29 is 0 Å². The maximum atomic E-state index is 2.70. The molecule has 4 aliphatic rings. The first kappa shape index (κ1) is 36.4. The highest BCUT2D eigenvalue weighted by Crippen LogP contribution is 2.60. The summed E-state index contributed by atoms with van der Waals surface area (Å²) in [6.45, 7) is 4.83. The molecule has 0 N–H and O–H groups in total. The third-order valence-corrected chi connectivity index (χ3v) is 14.9. The van der Waals surface area contributed by atoms with E-state index in [0.29, 0.717) is 0 Å². The monoisotopic (exact) mass is 785 g/mol. The summed E-state index contributed by atoms with van der Waals surface area (Å²) in [6, 6.07) is 67.8. The zero-order chi connectivity index (χ0) is 40.7. The molecule has 0 saturated carbocycles. The average molecular weight is 786 g/mol. The second-order valence-electron chi connectivity index (χ2n) is 18.5. The van der Waals surface area contributed by atoms with E-state index in [0.717, 1.165) is 25.7 Å². The maximum absolute atomic E-state index is 2.70. The summed E-state index contributed by atoms with van der Waals surface area (Å²) >= 11 is 0. The van der Waals surface area contributed by atoms with E-state index in [1.165, 1.54) is 132 Å². The summed E-state index contributed by atoms with van der Waals surface area (Å²) in [4.78, 5) is 2.70. The summed E-state index contributed by atoms with van der Waals surface area (Å²) < 4.78 is 0. The van der Waals surface area contributed by atoms with Gasteiger partial charge in [0.2, 0.25) is 0 Å². The number of hydrogen-bond acceptors (Lipinski definition) is 1. The van der Waals surface area contributed by atoms with Crippen LogP contribution in [0.25, 0.3) is 33.4 Å². The van der Waals surface area contributed by atoms with Crippen LogP contribution < -0.4 is 4.90 Å². The van der Waals surface area contributed by atoms with Gasteiger partial charge in [0.25, 0.3) is 0 Å². The van der Waals surface area contributed by atoms with Crippen LogP contribution in [0.3, 0.4) is 0 Å². The fourth-order valence-corrected chi connectivity index (χ4v) is 12.1. The minimum absolute atomic E-state index is 0.125. The van der Waals surface area contributed by atoms with Crippen LogP contribution in [0.5, 0.6) is 0 Å². The van der Waals surface area contributed by atoms with E-state index < -0.39 is 5.41 Å². The Kier molecular flexibility index (Phi) is 8.40. The van der Waals surface area contributed by atoms with E-state index in [1.54, 1.807) is 0 Å². The SMILES string of the molecule is CC1(C)c2ccccc2-c2ccc(N(c3cc4c(cc3-c3cccc5c3CCCC5)-c3ccccc3C4(c3ccccc3)c3ccccc3)c3cccc4c3CCCC4)cc21. The van der Waals surface area contributed by atoms with Gasteiger partial charge in [-0.05, 0) is 165 Å². The van der Waals surface area contributed by atoms with Gasteiger partial charge in [0.15, 0.2) is 0 Å². The van der Waals surface area contributed by atoms with Gasteiger partial charge in [0, 0.05) is 22.4 Å². The molecule has 0 atom stereocenters. The van der Waals surface area contributed by atoms with Crippen LogP contribution in [0.2, 0.25) is 0 Å². The van der Waals surface area contributed by atoms with Crippen LogP contribution in [0.4, 0.5) is 17.1 Å². The molecule has 0 unspecified atom stereocenters. The number of hydrogen-bond donors (Lipinski definition) is 0. The van der Waals surface area contributed by atoms with Gasteiger partial charge in [-0.1, -0.05) is 159 Å². The smallest absolute Gasteiger partial charge is 0.0714 e. The molecule has 8 aromatic carbocycles. The normalized spacial score (nSPS) is 16.1. The lowest BCUT2D eigenvalue weighted by Crippen LogP contribution is -2.29. The highest BCUT2D eigenvalue weighted by molar-refractivity contribution is 5.98. The molecular formula is C60H51N. The van der Waals surface area contributed by atoms with Crippen molar-refractivity contribution in [3.05, 3.63) is 232 Å². The molecule has 1 nitrogen and oxygen atoms in total. The molecule has 4 aliphatic carbocycles. The second kappa shape index (κ2) is 14.1. The van der Waals surface area contributed by atoms with E-state index in [9.17, 15) is 0 Å². The molecule has 0 aliphatic heterocycles. The highest BCUT2D eigenvalue weighted by Gasteiger charge is 2.47. The number of anilines is 3. The Hall–Kier alpha value is -6.44. The fourth-order valence-electron chi connectivity index (χ4n) is 12.1. The van der Waals surface area contributed by atoms with E-state index in [4.69, 9.17) is 0 Å². The lowest BCUT2D eigenvalue weighted by Gasteiger charge is -2.37. The molecule has 8 aromatic rings. The van der Waals surface area contributed by atoms with Gasteiger partial charge in [0.05, 0.1) is 11.1 Å². The number of aryl methyl sites for hydroxylation is 2. The van der Waals surface area contributed by atoms with E-state index >= 15 is 0 Å². The highest BCUT2D eigenvalue weighted by atomic mass is 15.1. The predicted molar refractivity (Wildman–Crippen MR) is 255 cm³/mol. The van der Waals surface area contributed by atoms with Crippen LogP contribution in [-0.2, 0) is 36.5 Å². The molecule has 0 bridgehead atoms. The Morgan fingerprint density at radius 2 is 0.918 bits per heavy atom. The van der Waals surface area contributed by atoms with Crippen molar-refractivity contribution in [1.82, 2.24) is 0 Å². The van der Waals surface area contributed by atoms with E-state index in [1.807, 2.05) is 0 Å². The predicted octanol–water partition coefficient (Wildman–Crippen LogP) is 15.3. The van der Waals surface area contributed by atoms with Crippen molar-refractivity contribution in [2.45, 2.75) is 76.0 Å². The average Bonchev–Trinajstić information content (AvgIpc) is 3.74. The Morgan fingerprint density at radius 3 is 1.64 bits per heavy atom. The molecular weight excluding hydrogens is 735 g/mol. The van der Waals surface area contributed by atoms with Crippen molar-refractivity contribution >= 4 is 17.1 Å². The summed E-state index contributed by atoms with van der Waals surface area (Å²) in [5.74, 6) is 0. The number of rotatable bonds is 6. The van der Waals surface area contributed by atoms with Crippen molar-refractivity contribution in [3.63, 3.8) is 0 Å². The molecule has 0 fully saturated rings. The van der Waals surface area contributed by atoms with E-state index in [-0.39, 0.29) is 5.41 Å². The first-order valence-electron chi connectivity index (χ1n) is 22.7. The second-order valence-corrected chi connectivity index (χ2v) is 18.5. The van der Waals surface area contributed by atoms with Crippen LogP contribution in [0, 0.1) is 0 Å². The van der Waals surface area contributed by atoms with E-state index in [2.05, 4.69) is 195 Å². The molecule has 0 aromatic heterocycles. The Morgan fingerprint density at radius 1 is 0.361 bits per heavy atom. The Bertz CT molecular complexity index is 2970. The van der Waals surface area contributed by atoms with Crippen molar-refractivity contribution in [2.75, 3.05) is 4.90 Å². The fraction of sp³-hybridized carbons (Fsp3) is 0.200. The summed E-state index contributed by atoms with van der Waals surface area (Å²) in [5, 5.41) is 0. The Balaban J connectivity index is 1.22. The number of nitrogens with zero attached hydrogens (tertiary/aromatic N) is 1. The van der Waals surface area contributed by atoms with Crippen molar-refractivity contribution in [3.8, 4) is 33.4 Å². The Labute approximate surface area is 361 Å². The summed E-state index contributed by atoms with van der Waals surface area (Å²) in [5.41, 5.74) is 25.4. The first-order valence-corrected chi connectivity index (χ1v) is 22.7. The van der Waals surface area contributed by atoms with Gasteiger partial charge in [-0.3, -0.25) is 0 Å². The minimum atomic E-state index is -0.513. The molecule has 296 valence electrons. The maximum Gasteiger partial charge on any atom is 0.0714 e. The molecule has 0 spiro atoms. The molecule has 0 heterocycles. The zero-order valence-corrected chi connectivity index (χ0v) is 35.3. The summed E-state index contributed by atoms with van der Waals surface area (Å²) in [7, 11) is 0. The van der Waals surface area contributed by atoms with Gasteiger partial charge in [0.1, 0.15) is 0 Å². The lowest BCUT2D eigenvalue weighted by atomic mass is 9.67. The number of benzene rings is 8. The topological polar surface area (TPSA) is 3.24 Å². The van der Waals surface area contributed by atoms with Gasteiger partial charge in [-0.25, -0.2) is 0 Å². The molecule has 0 radical (unpaired) electrons. The van der Waals surface area contributed by atoms with Crippen molar-refractivity contribution in [2.24, 2.45) is 0 Å². The molecule has 12 rings (SSSR count). The van der Waals surface area contributed by atoms with Crippen LogP contribution in [0.1, 0.15) is 95.2 Å². The summed E-state index contributed by atoms with van der Waals surface area (Å²) in [6.07, 6.45) is 9.44. The van der Waals surface area contributed by atoms with Gasteiger partial charge < -0.3 is 4.90 Å². The van der Waals surface area contributed by atoms with Gasteiger partial charge >= 0.3 is 0 Å². The molecule has 61 heavy (non-hydrogen) atoms. The lowest BCUT2D eigenvalue weighted by molar-refractivity contribution is 0.660. The zero-order valence-electron chi connectivity index (χ0n) is 35.3. The van der Waals surface area contributed by atoms with Crippen LogP contribution in [0.15, 0.2) is 176 Å². The minimum Gasteiger partial charge on any atom is -0.310 e. The van der Waals surface area contributed by atoms with Crippen molar-refractivity contribution in [1.29, 1.82) is 0 Å². The molecule has 1 heteroatoms. The first-order chi connectivity index (χ1) is 30.0. The molecule has 0 amide bonds. The third kappa shape index (κ3) is 5.39. The van der Waals surface area contributed by atoms with Crippen LogP contribution in [-0.4, -0.2) is 0 Å². The van der Waals surface area contributed by atoms with Crippen LogP contribution >= 0.6 is 0 Å². The standard InChI is InChI=1S/C60H51N/c1-59(2)53-32-15-13-29-48(53)50-36-35-44(37-55(50)59)61(57-34-18-22-41-20-10-12-28-46(41)57)58-39-56-51(38-52(58)47-31-17-21-40-19-9-11-27-45(40)47)49-30-14-16-33-54(49)60(56,42-23-5-3-6-24-42)43-25-7-4-8-26-43/h3-8,13-18,21-26,29-39H,9-12,19-20,27-28H2,1-2H3. The largest absolute Gasteiger partial charge is 0.310 e. The quantitative estimate of drug-likeness (QED) is 0.162.